The van der Waals surface area contributed by atoms with E-state index < -0.39 is 5.41 Å². The molecule has 1 saturated heterocycles. The molecule has 0 radical (unpaired) electrons. The van der Waals surface area contributed by atoms with E-state index in [0.29, 0.717) is 6.54 Å². The van der Waals surface area contributed by atoms with Gasteiger partial charge < -0.3 is 9.64 Å². The molecule has 0 aromatic carbocycles. The lowest BCUT2D eigenvalue weighted by Gasteiger charge is -2.39. The van der Waals surface area contributed by atoms with Crippen LogP contribution in [0.15, 0.2) is 0 Å². The molecule has 1 aliphatic heterocycles. The number of nitrogens with zero attached hydrogens (tertiary/aromatic N) is 1. The predicted molar refractivity (Wildman–Crippen MR) is 70.5 cm³/mol. The average molecular weight is 276 g/mol. The average Bonchev–Trinajstić information content (AvgIpc) is 2.38. The van der Waals surface area contributed by atoms with Crippen molar-refractivity contribution in [3.63, 3.8) is 0 Å². The summed E-state index contributed by atoms with van der Waals surface area (Å²) in [6.07, 6.45) is 3.17. The molecule has 1 heterocycles. The molecule has 1 aliphatic rings. The van der Waals surface area contributed by atoms with E-state index >= 15 is 0 Å². The number of amides is 1. The fourth-order valence-corrected chi connectivity index (χ4v) is 2.32. The van der Waals surface area contributed by atoms with Crippen LogP contribution in [0.25, 0.3) is 0 Å². The number of methoxy groups -OCH3 is 1. The van der Waals surface area contributed by atoms with E-state index in [2.05, 4.69) is 0 Å². The molecule has 5 heteroatoms. The van der Waals surface area contributed by atoms with Gasteiger partial charge in [0.15, 0.2) is 0 Å². The first-order chi connectivity index (χ1) is 8.42. The first-order valence-corrected chi connectivity index (χ1v) is 6.89. The van der Waals surface area contributed by atoms with Crippen LogP contribution < -0.4 is 0 Å². The topological polar surface area (TPSA) is 46.6 Å². The van der Waals surface area contributed by atoms with Gasteiger partial charge in [-0.1, -0.05) is 0 Å². The Hall–Kier alpha value is -0.770. The van der Waals surface area contributed by atoms with Crippen molar-refractivity contribution in [2.45, 2.75) is 45.6 Å². The number of halogens is 1. The van der Waals surface area contributed by atoms with E-state index in [0.717, 1.165) is 19.3 Å². The highest BCUT2D eigenvalue weighted by molar-refractivity contribution is 6.19. The van der Waals surface area contributed by atoms with Crippen LogP contribution in [0.2, 0.25) is 0 Å². The second kappa shape index (κ2) is 6.41. The van der Waals surface area contributed by atoms with Gasteiger partial charge in [0.2, 0.25) is 5.91 Å². The van der Waals surface area contributed by atoms with Crippen LogP contribution in [-0.4, -0.2) is 42.4 Å². The summed E-state index contributed by atoms with van der Waals surface area (Å²) in [6, 6.07) is -0.0406. The van der Waals surface area contributed by atoms with Crippen molar-refractivity contribution in [1.29, 1.82) is 0 Å². The molecule has 0 saturated carbocycles. The fraction of sp³-hybridized carbons (Fsp3) is 0.846. The number of hydrogen-bond acceptors (Lipinski definition) is 3. The summed E-state index contributed by atoms with van der Waals surface area (Å²) in [6.45, 7) is 4.39. The number of carbonyl (C=O) groups excluding carboxylic acids is 2. The number of piperidine rings is 1. The van der Waals surface area contributed by atoms with E-state index in [4.69, 9.17) is 16.3 Å². The number of alkyl halides is 1. The zero-order valence-corrected chi connectivity index (χ0v) is 12.1. The Kier molecular flexibility index (Phi) is 5.45. The van der Waals surface area contributed by atoms with Crippen LogP contribution in [0.5, 0.6) is 0 Å². The molecule has 0 bridgehead atoms. The van der Waals surface area contributed by atoms with E-state index in [-0.39, 0.29) is 30.2 Å². The van der Waals surface area contributed by atoms with Gasteiger partial charge in [0, 0.05) is 18.5 Å². The van der Waals surface area contributed by atoms with Gasteiger partial charge >= 0.3 is 5.97 Å². The van der Waals surface area contributed by atoms with Crippen molar-refractivity contribution in [2.75, 3.05) is 19.5 Å². The molecule has 4 nitrogen and oxygen atoms in total. The summed E-state index contributed by atoms with van der Waals surface area (Å²) >= 11 is 5.85. The number of esters is 1. The summed E-state index contributed by atoms with van der Waals surface area (Å²) in [5.41, 5.74) is -0.576. The highest BCUT2D eigenvalue weighted by Gasteiger charge is 2.36. The zero-order chi connectivity index (χ0) is 13.8. The first-order valence-electron chi connectivity index (χ1n) is 6.36. The number of ether oxygens (including phenoxy) is 1. The number of carbonyl (C=O) groups is 2. The van der Waals surface area contributed by atoms with E-state index in [1.54, 1.807) is 0 Å². The molecule has 0 aliphatic carbocycles. The Balaban J connectivity index is 2.76. The van der Waals surface area contributed by atoms with Gasteiger partial charge in [0.25, 0.3) is 0 Å². The molecule has 1 unspecified atom stereocenters. The Bertz CT molecular complexity index is 317. The summed E-state index contributed by atoms with van der Waals surface area (Å²) < 4.78 is 4.69. The van der Waals surface area contributed by atoms with Crippen molar-refractivity contribution < 1.29 is 14.3 Å². The van der Waals surface area contributed by atoms with Gasteiger partial charge in [-0.2, -0.15) is 0 Å². The number of likely N-dealkylation sites (tertiary alicyclic amines) is 1. The summed E-state index contributed by atoms with van der Waals surface area (Å²) in [5, 5.41) is 0. The summed E-state index contributed by atoms with van der Waals surface area (Å²) in [7, 11) is 1.38. The lowest BCUT2D eigenvalue weighted by atomic mass is 9.90. The van der Waals surface area contributed by atoms with Crippen LogP contribution in [-0.2, 0) is 14.3 Å². The quantitative estimate of drug-likeness (QED) is 0.584. The Morgan fingerprint density at radius 3 is 2.61 bits per heavy atom. The second-order valence-electron chi connectivity index (χ2n) is 5.45. The van der Waals surface area contributed by atoms with Crippen LogP contribution in [0, 0.1) is 5.41 Å². The molecule has 0 aromatic heterocycles. The van der Waals surface area contributed by atoms with E-state index in [1.165, 1.54) is 7.11 Å². The number of rotatable bonds is 4. The Morgan fingerprint density at radius 2 is 2.06 bits per heavy atom. The van der Waals surface area contributed by atoms with Gasteiger partial charge in [-0.25, -0.2) is 0 Å². The lowest BCUT2D eigenvalue weighted by molar-refractivity contribution is -0.148. The molecular formula is C13H22ClNO3. The highest BCUT2D eigenvalue weighted by atomic mass is 35.5. The second-order valence-corrected chi connectivity index (χ2v) is 5.71. The normalized spacial score (nSPS) is 20.7. The highest BCUT2D eigenvalue weighted by Crippen LogP contribution is 2.27. The van der Waals surface area contributed by atoms with Gasteiger partial charge in [0.1, 0.15) is 0 Å². The molecule has 0 N–H and O–H groups in total. The largest absolute Gasteiger partial charge is 0.469 e. The monoisotopic (exact) mass is 275 g/mol. The SMILES string of the molecule is COC(=O)CC1CCCCN1C(=O)C(C)(C)CCl. The molecule has 104 valence electrons. The van der Waals surface area contributed by atoms with Gasteiger partial charge in [-0.3, -0.25) is 9.59 Å². The Morgan fingerprint density at radius 1 is 1.39 bits per heavy atom. The molecular weight excluding hydrogens is 254 g/mol. The molecule has 0 aromatic rings. The fourth-order valence-electron chi connectivity index (χ4n) is 2.20. The van der Waals surface area contributed by atoms with E-state index in [9.17, 15) is 9.59 Å². The minimum absolute atomic E-state index is 0.0334. The van der Waals surface area contributed by atoms with Gasteiger partial charge in [-0.05, 0) is 33.1 Å². The first kappa shape index (κ1) is 15.3. The van der Waals surface area contributed by atoms with Crippen molar-refractivity contribution >= 4 is 23.5 Å². The molecule has 1 fully saturated rings. The van der Waals surface area contributed by atoms with E-state index in [1.807, 2.05) is 18.7 Å². The third kappa shape index (κ3) is 3.61. The number of hydrogen-bond donors (Lipinski definition) is 0. The lowest BCUT2D eigenvalue weighted by Crippen LogP contribution is -2.50. The molecule has 1 atom stereocenters. The van der Waals surface area contributed by atoms with Crippen LogP contribution in [0.3, 0.4) is 0 Å². The standard InChI is InChI=1S/C13H22ClNO3/c1-13(2,9-14)12(17)15-7-5-4-6-10(15)8-11(16)18-3/h10H,4-9H2,1-3H3. The predicted octanol–water partition coefficient (Wildman–Crippen LogP) is 2.20. The van der Waals surface area contributed by atoms with Crippen molar-refractivity contribution in [2.24, 2.45) is 5.41 Å². The van der Waals surface area contributed by atoms with Crippen molar-refractivity contribution in [1.82, 2.24) is 4.90 Å². The van der Waals surface area contributed by atoms with Crippen molar-refractivity contribution in [3.8, 4) is 0 Å². The maximum Gasteiger partial charge on any atom is 0.307 e. The molecule has 0 spiro atoms. The molecule has 1 amide bonds. The third-order valence-corrected chi connectivity index (χ3v) is 4.10. The molecule has 18 heavy (non-hydrogen) atoms. The van der Waals surface area contributed by atoms with Gasteiger partial charge in [-0.15, -0.1) is 11.6 Å². The zero-order valence-electron chi connectivity index (χ0n) is 11.4. The maximum atomic E-state index is 12.4. The minimum atomic E-state index is -0.576. The summed E-state index contributed by atoms with van der Waals surface area (Å²) in [4.78, 5) is 25.6. The van der Waals surface area contributed by atoms with Crippen LogP contribution in [0.4, 0.5) is 0 Å². The maximum absolute atomic E-state index is 12.4. The van der Waals surface area contributed by atoms with Crippen molar-refractivity contribution in [3.05, 3.63) is 0 Å². The van der Waals surface area contributed by atoms with Crippen LogP contribution in [0.1, 0.15) is 39.5 Å². The third-order valence-electron chi connectivity index (χ3n) is 3.43. The smallest absolute Gasteiger partial charge is 0.307 e. The van der Waals surface area contributed by atoms with Gasteiger partial charge in [0.05, 0.1) is 18.9 Å². The minimum Gasteiger partial charge on any atom is -0.469 e. The summed E-state index contributed by atoms with van der Waals surface area (Å²) in [5.74, 6) is 0.0577. The van der Waals surface area contributed by atoms with Crippen LogP contribution >= 0.6 is 11.6 Å². The molecule has 1 rings (SSSR count). The Labute approximate surface area is 114 Å².